The molecule has 97 valence electrons. The number of hydrogen-bond acceptors (Lipinski definition) is 2. The molecule has 0 aliphatic heterocycles. The summed E-state index contributed by atoms with van der Waals surface area (Å²) in [6.07, 6.45) is 0.506. The fourth-order valence-electron chi connectivity index (χ4n) is 1.71. The molecule has 0 heterocycles. The van der Waals surface area contributed by atoms with Gasteiger partial charge in [0.2, 0.25) is 0 Å². The summed E-state index contributed by atoms with van der Waals surface area (Å²) in [5, 5.41) is 13.3. The van der Waals surface area contributed by atoms with E-state index in [9.17, 15) is 9.90 Å². The summed E-state index contributed by atoms with van der Waals surface area (Å²) < 4.78 is 0. The Balaban J connectivity index is 2.04. The van der Waals surface area contributed by atoms with Gasteiger partial charge in [0.1, 0.15) is 0 Å². The van der Waals surface area contributed by atoms with Crippen LogP contribution in [0.25, 0.3) is 0 Å². The molecule has 0 bridgehead atoms. The number of amides is 1. The van der Waals surface area contributed by atoms with E-state index in [2.05, 4.69) is 5.32 Å². The van der Waals surface area contributed by atoms with Gasteiger partial charge in [-0.25, -0.2) is 5.11 Å². The van der Waals surface area contributed by atoms with Crippen LogP contribution in [0.3, 0.4) is 0 Å². The number of carbonyl (C=O) groups is 1. The van der Waals surface area contributed by atoms with E-state index >= 15 is 0 Å². The predicted octanol–water partition coefficient (Wildman–Crippen LogP) is 2.49. The number of nitrogen functional groups attached to an aromatic ring is 1. The van der Waals surface area contributed by atoms with Gasteiger partial charge < -0.3 is 11.1 Å². The Morgan fingerprint density at radius 3 is 2.21 bits per heavy atom. The largest absolute Gasteiger partial charge is 0.399 e. The van der Waals surface area contributed by atoms with Gasteiger partial charge in [0.15, 0.2) is 0 Å². The Labute approximate surface area is 111 Å². The zero-order valence-corrected chi connectivity index (χ0v) is 10.4. The number of carbonyl (C=O) groups excluding carboxylic acids is 1. The van der Waals surface area contributed by atoms with E-state index in [1.165, 1.54) is 0 Å². The molecule has 0 fully saturated rings. The number of hydrogen-bond donors (Lipinski definition) is 2. The minimum atomic E-state index is -0.184. The number of rotatable bonds is 4. The minimum Gasteiger partial charge on any atom is -0.399 e. The highest BCUT2D eigenvalue weighted by Crippen LogP contribution is 2.12. The summed E-state index contributed by atoms with van der Waals surface area (Å²) in [7, 11) is 0. The summed E-state index contributed by atoms with van der Waals surface area (Å²) >= 11 is 0. The molecular formula is C15H15N2O2. The molecule has 0 unspecified atom stereocenters. The lowest BCUT2D eigenvalue weighted by Gasteiger charge is -2.06. The second-order valence-electron chi connectivity index (χ2n) is 4.23. The molecule has 19 heavy (non-hydrogen) atoms. The van der Waals surface area contributed by atoms with E-state index in [4.69, 9.17) is 5.73 Å². The molecule has 4 nitrogen and oxygen atoms in total. The average molecular weight is 255 g/mol. The lowest BCUT2D eigenvalue weighted by Crippen LogP contribution is -2.11. The zero-order valence-electron chi connectivity index (χ0n) is 10.4. The molecule has 0 aromatic heterocycles. The van der Waals surface area contributed by atoms with Crippen molar-refractivity contribution in [3.8, 4) is 0 Å². The van der Waals surface area contributed by atoms with Gasteiger partial charge in [-0.3, -0.25) is 4.79 Å². The van der Waals surface area contributed by atoms with Gasteiger partial charge in [-0.2, -0.15) is 0 Å². The van der Waals surface area contributed by atoms with Gasteiger partial charge in [-0.15, -0.1) is 0 Å². The molecule has 2 rings (SSSR count). The van der Waals surface area contributed by atoms with Crippen LogP contribution in [0.15, 0.2) is 48.5 Å². The van der Waals surface area contributed by atoms with Crippen molar-refractivity contribution in [2.24, 2.45) is 0 Å². The normalized spacial score (nSPS) is 10.2. The highest BCUT2D eigenvalue weighted by Gasteiger charge is 2.05. The van der Waals surface area contributed by atoms with Crippen molar-refractivity contribution < 1.29 is 9.90 Å². The maximum Gasteiger partial charge on any atom is 0.255 e. The Morgan fingerprint density at radius 2 is 1.63 bits per heavy atom. The number of benzene rings is 2. The van der Waals surface area contributed by atoms with Crippen LogP contribution in [0.4, 0.5) is 11.4 Å². The monoisotopic (exact) mass is 255 g/mol. The summed E-state index contributed by atoms with van der Waals surface area (Å²) in [4.78, 5) is 11.9. The fourth-order valence-corrected chi connectivity index (χ4v) is 1.71. The van der Waals surface area contributed by atoms with Crippen LogP contribution in [0, 0.1) is 0 Å². The van der Waals surface area contributed by atoms with Crippen molar-refractivity contribution in [3.63, 3.8) is 0 Å². The van der Waals surface area contributed by atoms with Crippen molar-refractivity contribution >= 4 is 17.3 Å². The van der Waals surface area contributed by atoms with Crippen LogP contribution in [-0.4, -0.2) is 12.5 Å². The minimum absolute atomic E-state index is 0.128. The molecule has 3 N–H and O–H groups in total. The molecule has 1 amide bonds. The summed E-state index contributed by atoms with van der Waals surface area (Å²) in [5.74, 6) is -0.184. The van der Waals surface area contributed by atoms with Gasteiger partial charge in [-0.1, -0.05) is 12.1 Å². The first-order valence-electron chi connectivity index (χ1n) is 6.03. The molecule has 0 aliphatic carbocycles. The Kier molecular flexibility index (Phi) is 4.15. The van der Waals surface area contributed by atoms with Crippen LogP contribution in [0.2, 0.25) is 0 Å². The standard InChI is InChI=1S/C15H15N2O2/c16-13-5-3-12(4-6-13)15(19)17-14-7-1-11(2-8-14)9-10-18/h1-8H,9-10,16H2,(H,17,19). The van der Waals surface area contributed by atoms with Crippen LogP contribution in [-0.2, 0) is 11.5 Å². The van der Waals surface area contributed by atoms with E-state index in [0.29, 0.717) is 23.4 Å². The van der Waals surface area contributed by atoms with Crippen LogP contribution in [0.1, 0.15) is 15.9 Å². The second kappa shape index (κ2) is 6.02. The first-order chi connectivity index (χ1) is 9.19. The highest BCUT2D eigenvalue weighted by molar-refractivity contribution is 6.04. The summed E-state index contributed by atoms with van der Waals surface area (Å²) in [5.41, 5.74) is 8.42. The van der Waals surface area contributed by atoms with Crippen LogP contribution in [0.5, 0.6) is 0 Å². The predicted molar refractivity (Wildman–Crippen MR) is 74.5 cm³/mol. The van der Waals surface area contributed by atoms with Gasteiger partial charge in [0.25, 0.3) is 5.91 Å². The Morgan fingerprint density at radius 1 is 1.00 bits per heavy atom. The zero-order chi connectivity index (χ0) is 13.7. The molecule has 4 heteroatoms. The molecule has 0 atom stereocenters. The summed E-state index contributed by atoms with van der Waals surface area (Å²) in [6.45, 7) is -0.128. The molecule has 1 radical (unpaired) electrons. The van der Waals surface area contributed by atoms with Crippen LogP contribution < -0.4 is 11.1 Å². The summed E-state index contributed by atoms with van der Waals surface area (Å²) in [6, 6.07) is 14.0. The topological polar surface area (TPSA) is 75.0 Å². The number of nitrogens with two attached hydrogens (primary N) is 1. The van der Waals surface area contributed by atoms with Crippen molar-refractivity contribution in [1.82, 2.24) is 0 Å². The third kappa shape index (κ3) is 3.56. The molecule has 0 saturated heterocycles. The highest BCUT2D eigenvalue weighted by atomic mass is 16.2. The van der Waals surface area contributed by atoms with Gasteiger partial charge in [0, 0.05) is 16.9 Å². The number of anilines is 2. The lowest BCUT2D eigenvalue weighted by molar-refractivity contribution is 0.102. The van der Waals surface area contributed by atoms with E-state index in [1.54, 1.807) is 36.4 Å². The van der Waals surface area contributed by atoms with Crippen molar-refractivity contribution in [2.45, 2.75) is 6.42 Å². The smallest absolute Gasteiger partial charge is 0.255 e. The molecule has 2 aromatic rings. The molecule has 2 aromatic carbocycles. The third-order valence-corrected chi connectivity index (χ3v) is 2.78. The van der Waals surface area contributed by atoms with Gasteiger partial charge in [-0.05, 0) is 48.4 Å². The average Bonchev–Trinajstić information content (AvgIpc) is 2.42. The van der Waals surface area contributed by atoms with Crippen molar-refractivity contribution in [1.29, 1.82) is 0 Å². The second-order valence-corrected chi connectivity index (χ2v) is 4.23. The van der Waals surface area contributed by atoms with Crippen molar-refractivity contribution in [2.75, 3.05) is 17.7 Å². The molecule has 0 saturated carbocycles. The molecular weight excluding hydrogens is 240 g/mol. The Bertz CT molecular complexity index is 547. The fraction of sp³-hybridized carbons (Fsp3) is 0.133. The van der Waals surface area contributed by atoms with E-state index in [0.717, 1.165) is 5.56 Å². The third-order valence-electron chi connectivity index (χ3n) is 2.78. The van der Waals surface area contributed by atoms with Crippen molar-refractivity contribution in [3.05, 3.63) is 59.7 Å². The first kappa shape index (κ1) is 13.1. The van der Waals surface area contributed by atoms with E-state index < -0.39 is 0 Å². The lowest BCUT2D eigenvalue weighted by atomic mass is 10.1. The first-order valence-corrected chi connectivity index (χ1v) is 6.03. The Hall–Kier alpha value is -2.33. The maximum atomic E-state index is 11.9. The van der Waals surface area contributed by atoms with Crippen LogP contribution >= 0.6 is 0 Å². The van der Waals surface area contributed by atoms with Gasteiger partial charge in [0.05, 0.1) is 6.61 Å². The van der Waals surface area contributed by atoms with Gasteiger partial charge >= 0.3 is 0 Å². The molecule has 0 spiro atoms. The quantitative estimate of drug-likeness (QED) is 0.823. The SMILES string of the molecule is Nc1ccc(C(=O)Nc2ccc(CC[O])cc2)cc1. The van der Waals surface area contributed by atoms with E-state index in [-0.39, 0.29) is 12.5 Å². The van der Waals surface area contributed by atoms with E-state index in [1.807, 2.05) is 12.1 Å². The number of nitrogens with one attached hydrogen (secondary N) is 1. The molecule has 0 aliphatic rings. The maximum absolute atomic E-state index is 11.9.